The summed E-state index contributed by atoms with van der Waals surface area (Å²) in [5.41, 5.74) is 0. The van der Waals surface area contributed by atoms with E-state index in [0.29, 0.717) is 25.7 Å². The number of aliphatic hydroxyl groups excluding tert-OH is 1. The van der Waals surface area contributed by atoms with Gasteiger partial charge in [-0.15, -0.1) is 0 Å². The Morgan fingerprint density at radius 1 is 0.326 bits per heavy atom. The molecule has 0 aliphatic carbocycles. The van der Waals surface area contributed by atoms with E-state index in [2.05, 4.69) is 41.5 Å². The summed E-state index contributed by atoms with van der Waals surface area (Å²) < 4.78 is 68.1. The molecule has 0 fully saturated rings. The van der Waals surface area contributed by atoms with Crippen LogP contribution in [0.25, 0.3) is 0 Å². The van der Waals surface area contributed by atoms with Crippen LogP contribution in [-0.2, 0) is 65.4 Å². The van der Waals surface area contributed by atoms with Crippen molar-refractivity contribution in [3.05, 3.63) is 0 Å². The molecule has 3 unspecified atom stereocenters. The van der Waals surface area contributed by atoms with E-state index in [1.165, 1.54) is 167 Å². The maximum absolute atomic E-state index is 13.0. The number of ether oxygens (including phenoxy) is 4. The van der Waals surface area contributed by atoms with E-state index in [0.717, 1.165) is 108 Å². The van der Waals surface area contributed by atoms with Crippen LogP contribution in [0, 0.1) is 11.8 Å². The van der Waals surface area contributed by atoms with Crippen LogP contribution in [0.1, 0.15) is 356 Å². The molecule has 0 saturated heterocycles. The lowest BCUT2D eigenvalue weighted by Gasteiger charge is -2.21. The SMILES string of the molecule is CCCCCCCCCCCCCCCCCCC(=O)OC[C@H](COP(=O)(O)OC[C@@H](O)COP(=O)(O)OC[C@@H](COC(=O)CCCCCCC)OC(=O)CCCCCCCCCCC(C)CC)OC(=O)CCCCCCCCCCCCCCCC(C)C. The van der Waals surface area contributed by atoms with Gasteiger partial charge >= 0.3 is 39.5 Å². The number of rotatable bonds is 69. The normalized spacial score (nSPS) is 14.4. The van der Waals surface area contributed by atoms with Gasteiger partial charge in [-0.05, 0) is 37.5 Å². The first-order chi connectivity index (χ1) is 42.9. The number of unbranched alkanes of at least 4 members (excludes halogenated alkanes) is 38. The van der Waals surface area contributed by atoms with Gasteiger partial charge in [0.2, 0.25) is 0 Å². The lowest BCUT2D eigenvalue weighted by molar-refractivity contribution is -0.161. The first-order valence-corrected chi connectivity index (χ1v) is 39.5. The average molecular weight is 1310 g/mol. The molecule has 0 saturated carbocycles. The van der Waals surface area contributed by atoms with Gasteiger partial charge in [-0.25, -0.2) is 9.13 Å². The Bertz CT molecular complexity index is 1740. The van der Waals surface area contributed by atoms with Gasteiger partial charge in [-0.3, -0.25) is 37.3 Å². The Hall–Kier alpha value is -1.94. The molecular formula is C70H136O17P2. The maximum atomic E-state index is 13.0. The third-order valence-electron chi connectivity index (χ3n) is 16.6. The van der Waals surface area contributed by atoms with Crippen molar-refractivity contribution >= 4 is 39.5 Å². The highest BCUT2D eigenvalue weighted by atomic mass is 31.2. The standard InChI is InChI=1S/C70H136O17P2/c1-7-10-12-14-15-16-17-18-19-20-23-26-29-35-41-47-53-68(73)81-59-66(87-69(74)54-48-42-36-30-27-24-21-22-25-28-33-39-44-50-62(4)5)61-85-89(78,79)83-57-64(71)56-82-88(76,77)84-60-65(58-80-67(72)52-46-38-13-11-8-2)86-70(75)55-49-43-37-32-31-34-40-45-51-63(6)9-3/h62-66,71H,7-61H2,1-6H3,(H,76,77)(H,78,79)/t63?,64-,65+,66+/m0/s1. The van der Waals surface area contributed by atoms with Crippen molar-refractivity contribution in [1.82, 2.24) is 0 Å². The summed E-state index contributed by atoms with van der Waals surface area (Å²) in [6, 6.07) is 0. The van der Waals surface area contributed by atoms with E-state index in [1.54, 1.807) is 0 Å². The quantitative estimate of drug-likeness (QED) is 0.0222. The fraction of sp³-hybridized carbons (Fsp3) is 0.943. The second-order valence-corrected chi connectivity index (χ2v) is 28.9. The second-order valence-electron chi connectivity index (χ2n) is 26.0. The summed E-state index contributed by atoms with van der Waals surface area (Å²) in [6.45, 7) is 9.48. The van der Waals surface area contributed by atoms with Gasteiger partial charge in [0.1, 0.15) is 19.3 Å². The predicted octanol–water partition coefficient (Wildman–Crippen LogP) is 20.0. The number of hydrogen-bond acceptors (Lipinski definition) is 15. The van der Waals surface area contributed by atoms with Crippen molar-refractivity contribution < 1.29 is 80.2 Å². The fourth-order valence-electron chi connectivity index (χ4n) is 10.6. The number of carbonyl (C=O) groups excluding carboxylic acids is 4. The van der Waals surface area contributed by atoms with E-state index < -0.39 is 97.5 Å². The summed E-state index contributed by atoms with van der Waals surface area (Å²) in [5, 5.41) is 10.6. The van der Waals surface area contributed by atoms with Crippen LogP contribution < -0.4 is 0 Å². The first-order valence-electron chi connectivity index (χ1n) is 36.5. The molecule has 0 heterocycles. The molecule has 0 aliphatic rings. The van der Waals surface area contributed by atoms with Crippen LogP contribution in [0.4, 0.5) is 0 Å². The molecule has 0 aromatic carbocycles. The third kappa shape index (κ3) is 63.2. The van der Waals surface area contributed by atoms with Crippen molar-refractivity contribution in [3.8, 4) is 0 Å². The van der Waals surface area contributed by atoms with Crippen LogP contribution in [-0.4, -0.2) is 96.7 Å². The molecule has 0 spiro atoms. The van der Waals surface area contributed by atoms with Crippen molar-refractivity contribution in [3.63, 3.8) is 0 Å². The number of carbonyl (C=O) groups is 4. The molecule has 0 aromatic heterocycles. The highest BCUT2D eigenvalue weighted by Crippen LogP contribution is 2.45. The minimum absolute atomic E-state index is 0.104. The molecule has 0 amide bonds. The molecule has 0 aromatic rings. The summed E-state index contributed by atoms with van der Waals surface area (Å²) in [6.07, 6.45) is 47.5. The van der Waals surface area contributed by atoms with Crippen LogP contribution >= 0.6 is 15.6 Å². The molecule has 528 valence electrons. The topological polar surface area (TPSA) is 237 Å². The number of esters is 4. The molecule has 3 N–H and O–H groups in total. The molecule has 89 heavy (non-hydrogen) atoms. The van der Waals surface area contributed by atoms with Crippen LogP contribution in [0.5, 0.6) is 0 Å². The zero-order valence-electron chi connectivity index (χ0n) is 57.7. The molecule has 0 aliphatic heterocycles. The summed E-state index contributed by atoms with van der Waals surface area (Å²) >= 11 is 0. The van der Waals surface area contributed by atoms with Crippen molar-refractivity contribution in [2.24, 2.45) is 11.8 Å². The van der Waals surface area contributed by atoms with Crippen molar-refractivity contribution in [2.75, 3.05) is 39.6 Å². The van der Waals surface area contributed by atoms with Gasteiger partial charge in [0.05, 0.1) is 26.4 Å². The summed E-state index contributed by atoms with van der Waals surface area (Å²) in [4.78, 5) is 72.3. The van der Waals surface area contributed by atoms with E-state index in [-0.39, 0.29) is 25.7 Å². The molecule has 0 bridgehead atoms. The van der Waals surface area contributed by atoms with E-state index >= 15 is 0 Å². The lowest BCUT2D eigenvalue weighted by atomic mass is 9.99. The smallest absolute Gasteiger partial charge is 0.462 e. The zero-order chi connectivity index (χ0) is 65.7. The van der Waals surface area contributed by atoms with Gasteiger partial charge in [-0.2, -0.15) is 0 Å². The molecular weight excluding hydrogens is 1170 g/mol. The average Bonchev–Trinajstić information content (AvgIpc) is 3.54. The van der Waals surface area contributed by atoms with Crippen molar-refractivity contribution in [2.45, 2.75) is 374 Å². The molecule has 17 nitrogen and oxygen atoms in total. The largest absolute Gasteiger partial charge is 0.472 e. The summed E-state index contributed by atoms with van der Waals surface area (Å²) in [5.74, 6) is -0.579. The third-order valence-corrected chi connectivity index (χ3v) is 18.5. The summed E-state index contributed by atoms with van der Waals surface area (Å²) in [7, 11) is -9.89. The Labute approximate surface area is 543 Å². The van der Waals surface area contributed by atoms with Crippen LogP contribution in [0.3, 0.4) is 0 Å². The number of aliphatic hydroxyl groups is 1. The van der Waals surface area contributed by atoms with E-state index in [1.807, 2.05) is 0 Å². The Balaban J connectivity index is 5.17. The minimum atomic E-state index is -4.95. The van der Waals surface area contributed by atoms with Crippen molar-refractivity contribution in [1.29, 1.82) is 0 Å². The molecule has 0 radical (unpaired) electrons. The number of phosphoric ester groups is 2. The monoisotopic (exact) mass is 1310 g/mol. The predicted molar refractivity (Wildman–Crippen MR) is 358 cm³/mol. The number of hydrogen-bond donors (Lipinski definition) is 3. The Morgan fingerprint density at radius 2 is 0.573 bits per heavy atom. The lowest BCUT2D eigenvalue weighted by Crippen LogP contribution is -2.30. The van der Waals surface area contributed by atoms with Gasteiger partial charge in [0.25, 0.3) is 0 Å². The zero-order valence-corrected chi connectivity index (χ0v) is 59.5. The molecule has 6 atom stereocenters. The van der Waals surface area contributed by atoms with Crippen LogP contribution in [0.2, 0.25) is 0 Å². The molecule has 19 heteroatoms. The number of phosphoric acid groups is 2. The Morgan fingerprint density at radius 3 is 0.854 bits per heavy atom. The van der Waals surface area contributed by atoms with Gasteiger partial charge < -0.3 is 33.8 Å². The van der Waals surface area contributed by atoms with E-state index in [4.69, 9.17) is 37.0 Å². The molecule has 0 rings (SSSR count). The highest BCUT2D eigenvalue weighted by molar-refractivity contribution is 7.47. The Kier molecular flexibility index (Phi) is 60.8. The maximum Gasteiger partial charge on any atom is 0.472 e. The fourth-order valence-corrected chi connectivity index (χ4v) is 12.1. The van der Waals surface area contributed by atoms with Crippen LogP contribution in [0.15, 0.2) is 0 Å². The van der Waals surface area contributed by atoms with Gasteiger partial charge in [-0.1, -0.05) is 305 Å². The minimum Gasteiger partial charge on any atom is -0.462 e. The second kappa shape index (κ2) is 62.2. The highest BCUT2D eigenvalue weighted by Gasteiger charge is 2.30. The van der Waals surface area contributed by atoms with Gasteiger partial charge in [0.15, 0.2) is 12.2 Å². The van der Waals surface area contributed by atoms with Gasteiger partial charge in [0, 0.05) is 25.7 Å². The first kappa shape index (κ1) is 87.1. The van der Waals surface area contributed by atoms with E-state index in [9.17, 15) is 43.2 Å².